The minimum atomic E-state index is 0.685. The predicted molar refractivity (Wildman–Crippen MR) is 222 cm³/mol. The number of benzene rings is 8. The van der Waals surface area contributed by atoms with Gasteiger partial charge in [-0.3, -0.25) is 0 Å². The fraction of sp³-hybridized carbons (Fsp3) is 0. The summed E-state index contributed by atoms with van der Waals surface area (Å²) in [5, 5.41) is 10.7. The Balaban J connectivity index is 1.04. The summed E-state index contributed by atoms with van der Waals surface area (Å²) >= 11 is 1.75. The van der Waals surface area contributed by atoms with E-state index in [1.165, 1.54) is 48.1 Å². The molecule has 5 heteroatoms. The van der Waals surface area contributed by atoms with Crippen molar-refractivity contribution in [2.45, 2.75) is 0 Å². The summed E-state index contributed by atoms with van der Waals surface area (Å²) in [6.07, 6.45) is 0. The molecule has 0 aliphatic heterocycles. The Labute approximate surface area is 306 Å². The van der Waals surface area contributed by atoms with Crippen LogP contribution < -0.4 is 0 Å². The van der Waals surface area contributed by atoms with E-state index in [4.69, 9.17) is 14.4 Å². The molecule has 12 rings (SSSR count). The van der Waals surface area contributed by atoms with Gasteiger partial charge < -0.3 is 8.98 Å². The smallest absolute Gasteiger partial charge is 0.160 e. The lowest BCUT2D eigenvalue weighted by molar-refractivity contribution is 0.669. The van der Waals surface area contributed by atoms with Crippen LogP contribution in [-0.2, 0) is 0 Å². The Morgan fingerprint density at radius 2 is 1.23 bits per heavy atom. The van der Waals surface area contributed by atoms with Crippen molar-refractivity contribution >= 4 is 96.9 Å². The molecule has 0 saturated carbocycles. The van der Waals surface area contributed by atoms with E-state index >= 15 is 0 Å². The average Bonchev–Trinajstić information content (AvgIpc) is 3.89. The third-order valence-corrected chi connectivity index (χ3v) is 11.9. The summed E-state index contributed by atoms with van der Waals surface area (Å²) in [6, 6.07) is 58.3. The maximum absolute atomic E-state index is 6.56. The number of rotatable bonds is 3. The van der Waals surface area contributed by atoms with Gasteiger partial charge in [-0.2, -0.15) is 0 Å². The van der Waals surface area contributed by atoms with Crippen LogP contribution >= 0.6 is 11.3 Å². The van der Waals surface area contributed by atoms with Crippen LogP contribution in [0, 0.1) is 0 Å². The SMILES string of the molecule is c1ccc2cc(-c3nc(-c4ccc5c(c4)oc4ccc(-n6c7ccccc7c7c8ccccc8ccc76)cc45)nc4c3sc3ccccc34)ccc2c1. The monoisotopic (exact) mass is 693 g/mol. The first-order valence-electron chi connectivity index (χ1n) is 17.8. The van der Waals surface area contributed by atoms with Crippen molar-refractivity contribution in [3.63, 3.8) is 0 Å². The van der Waals surface area contributed by atoms with Gasteiger partial charge in [0, 0.05) is 48.4 Å². The minimum Gasteiger partial charge on any atom is -0.456 e. The highest BCUT2D eigenvalue weighted by Gasteiger charge is 2.19. The zero-order valence-corrected chi connectivity index (χ0v) is 29.1. The molecule has 246 valence electrons. The van der Waals surface area contributed by atoms with E-state index in [1.54, 1.807) is 11.3 Å². The van der Waals surface area contributed by atoms with Crippen LogP contribution in [0.15, 0.2) is 168 Å². The van der Waals surface area contributed by atoms with Crippen molar-refractivity contribution in [3.8, 4) is 28.3 Å². The fourth-order valence-electron chi connectivity index (χ4n) is 8.31. The Kier molecular flexibility index (Phi) is 5.90. The Morgan fingerprint density at radius 3 is 2.15 bits per heavy atom. The van der Waals surface area contributed by atoms with Crippen molar-refractivity contribution in [1.82, 2.24) is 14.5 Å². The molecule has 8 aromatic carbocycles. The van der Waals surface area contributed by atoms with Gasteiger partial charge in [-0.05, 0) is 76.1 Å². The van der Waals surface area contributed by atoms with Gasteiger partial charge in [0.25, 0.3) is 0 Å². The number of hydrogen-bond acceptors (Lipinski definition) is 4. The van der Waals surface area contributed by atoms with Gasteiger partial charge in [0.05, 0.1) is 26.9 Å². The number of aromatic nitrogens is 3. The molecule has 0 fully saturated rings. The van der Waals surface area contributed by atoms with E-state index in [2.05, 4.69) is 168 Å². The fourth-order valence-corrected chi connectivity index (χ4v) is 9.47. The summed E-state index contributed by atoms with van der Waals surface area (Å²) in [5.74, 6) is 0.685. The highest BCUT2D eigenvalue weighted by atomic mass is 32.1. The Bertz CT molecular complexity index is 3480. The quantitative estimate of drug-likeness (QED) is 0.185. The third kappa shape index (κ3) is 4.23. The first-order valence-corrected chi connectivity index (χ1v) is 18.6. The molecule has 4 nitrogen and oxygen atoms in total. The number of hydrogen-bond donors (Lipinski definition) is 0. The molecule has 0 saturated heterocycles. The second kappa shape index (κ2) is 10.8. The van der Waals surface area contributed by atoms with Crippen molar-refractivity contribution < 1.29 is 4.42 Å². The van der Waals surface area contributed by atoms with Gasteiger partial charge in [0.15, 0.2) is 5.82 Å². The molecule has 4 heterocycles. The summed E-state index contributed by atoms with van der Waals surface area (Å²) < 4.78 is 11.2. The molecule has 0 amide bonds. The van der Waals surface area contributed by atoms with Gasteiger partial charge >= 0.3 is 0 Å². The van der Waals surface area contributed by atoms with Crippen molar-refractivity contribution in [1.29, 1.82) is 0 Å². The maximum atomic E-state index is 6.56. The van der Waals surface area contributed by atoms with E-state index in [0.29, 0.717) is 5.82 Å². The number of thiophene rings is 1. The zero-order chi connectivity index (χ0) is 34.6. The van der Waals surface area contributed by atoms with E-state index < -0.39 is 0 Å². The lowest BCUT2D eigenvalue weighted by Gasteiger charge is -2.09. The highest BCUT2D eigenvalue weighted by Crippen LogP contribution is 2.42. The lowest BCUT2D eigenvalue weighted by Crippen LogP contribution is -1.94. The van der Waals surface area contributed by atoms with Crippen LogP contribution in [0.4, 0.5) is 0 Å². The van der Waals surface area contributed by atoms with Crippen LogP contribution in [0.1, 0.15) is 0 Å². The average molecular weight is 694 g/mol. The van der Waals surface area contributed by atoms with Crippen LogP contribution in [0.2, 0.25) is 0 Å². The molecule has 53 heavy (non-hydrogen) atoms. The van der Waals surface area contributed by atoms with Gasteiger partial charge in [0.1, 0.15) is 11.2 Å². The van der Waals surface area contributed by atoms with E-state index in [0.717, 1.165) is 60.0 Å². The molecule has 0 unspecified atom stereocenters. The largest absolute Gasteiger partial charge is 0.456 e. The minimum absolute atomic E-state index is 0.685. The second-order valence-corrected chi connectivity index (χ2v) is 14.8. The Morgan fingerprint density at radius 1 is 0.472 bits per heavy atom. The molecule has 4 aromatic heterocycles. The summed E-state index contributed by atoms with van der Waals surface area (Å²) in [6.45, 7) is 0. The van der Waals surface area contributed by atoms with Crippen molar-refractivity contribution in [2.24, 2.45) is 0 Å². The number of furan rings is 1. The maximum Gasteiger partial charge on any atom is 0.160 e. The molecule has 0 radical (unpaired) electrons. The summed E-state index contributed by atoms with van der Waals surface area (Å²) in [7, 11) is 0. The molecule has 0 aliphatic carbocycles. The first kappa shape index (κ1) is 28.8. The zero-order valence-electron chi connectivity index (χ0n) is 28.2. The molecule has 0 spiro atoms. The number of para-hydroxylation sites is 1. The van der Waals surface area contributed by atoms with Crippen molar-refractivity contribution in [3.05, 3.63) is 164 Å². The second-order valence-electron chi connectivity index (χ2n) is 13.8. The van der Waals surface area contributed by atoms with Crippen molar-refractivity contribution in [2.75, 3.05) is 0 Å². The van der Waals surface area contributed by atoms with Crippen LogP contribution in [-0.4, -0.2) is 14.5 Å². The number of fused-ring (bicyclic) bond motifs is 12. The van der Waals surface area contributed by atoms with E-state index in [1.807, 2.05) is 0 Å². The third-order valence-electron chi connectivity index (χ3n) is 10.8. The van der Waals surface area contributed by atoms with Gasteiger partial charge in [-0.1, -0.05) is 109 Å². The van der Waals surface area contributed by atoms with Crippen LogP contribution in [0.3, 0.4) is 0 Å². The molecule has 0 bridgehead atoms. The molecule has 0 aliphatic rings. The first-order chi connectivity index (χ1) is 26.2. The predicted octanol–water partition coefficient (Wildman–Crippen LogP) is 13.5. The molecule has 0 atom stereocenters. The molecular weight excluding hydrogens is 667 g/mol. The van der Waals surface area contributed by atoms with E-state index in [9.17, 15) is 0 Å². The van der Waals surface area contributed by atoms with Crippen LogP contribution in [0.25, 0.3) is 114 Å². The lowest BCUT2D eigenvalue weighted by atomic mass is 10.0. The van der Waals surface area contributed by atoms with E-state index in [-0.39, 0.29) is 0 Å². The summed E-state index contributed by atoms with van der Waals surface area (Å²) in [4.78, 5) is 10.5. The summed E-state index contributed by atoms with van der Waals surface area (Å²) in [5.41, 5.74) is 9.07. The number of nitrogens with zero attached hydrogens (tertiary/aromatic N) is 3. The standard InChI is InChI=1S/C48H27N3OS/c1-2-11-30-25-31(18-17-28(30)9-1)45-47-46(37-14-6-8-16-43(37)53-47)50-48(49-45)32-19-22-35-38-27-33(21-24-41(38)52-42(35)26-32)51-39-15-7-5-13-36(39)44-34-12-4-3-10-29(34)20-23-40(44)51/h1-27H. The van der Waals surface area contributed by atoms with Gasteiger partial charge in [-0.25, -0.2) is 9.97 Å². The normalized spacial score (nSPS) is 12.2. The molecular formula is C48H27N3OS. The van der Waals surface area contributed by atoms with Crippen LogP contribution in [0.5, 0.6) is 0 Å². The topological polar surface area (TPSA) is 43.9 Å². The van der Waals surface area contributed by atoms with Gasteiger partial charge in [-0.15, -0.1) is 11.3 Å². The van der Waals surface area contributed by atoms with Gasteiger partial charge in [0.2, 0.25) is 0 Å². The molecule has 12 aromatic rings. The highest BCUT2D eigenvalue weighted by molar-refractivity contribution is 7.26. The molecule has 0 N–H and O–H groups in total. The Hall–Kier alpha value is -6.82.